The third kappa shape index (κ3) is 4.56. The predicted octanol–water partition coefficient (Wildman–Crippen LogP) is 5.08. The van der Waals surface area contributed by atoms with Crippen LogP contribution in [0.15, 0.2) is 71.4 Å². The molecule has 0 saturated heterocycles. The molecule has 0 saturated carbocycles. The number of likely N-dealkylation sites (N-methyl/N-ethyl adjacent to an activating group) is 1. The Balaban J connectivity index is 1.89. The first kappa shape index (κ1) is 24.6. The second kappa shape index (κ2) is 10.4. The van der Waals surface area contributed by atoms with Gasteiger partial charge in [0.1, 0.15) is 17.3 Å². The van der Waals surface area contributed by atoms with Crippen LogP contribution in [-0.2, 0) is 9.59 Å². The fourth-order valence-corrected chi connectivity index (χ4v) is 3.98. The van der Waals surface area contributed by atoms with Gasteiger partial charge in [-0.2, -0.15) is 10.4 Å². The van der Waals surface area contributed by atoms with Crippen LogP contribution < -0.4 is 4.74 Å². The maximum Gasteiger partial charge on any atom is 0.271 e. The molecule has 1 aliphatic rings. The lowest BCUT2D eigenvalue weighted by molar-refractivity contribution is -0.140. The fourth-order valence-electron chi connectivity index (χ4n) is 3.98. The average Bonchev–Trinajstić information content (AvgIpc) is 3.31. The number of carbonyl (C=O) groups excluding carboxylic acids is 2. The number of aromatic nitrogens is 2. The SMILES string of the molecule is CCCOc1ccc(-c2nn(-c3ccccc3)cc2/C=C2/C(=O)N(CC)C(=O)C(C#N)=C2C)cc1F. The molecule has 2 aromatic carbocycles. The number of halogens is 1. The molecule has 0 bridgehead atoms. The molecule has 7 nitrogen and oxygen atoms in total. The Labute approximate surface area is 208 Å². The average molecular weight is 485 g/mol. The topological polar surface area (TPSA) is 88.2 Å². The Hall–Kier alpha value is -4.51. The highest BCUT2D eigenvalue weighted by atomic mass is 19.1. The monoisotopic (exact) mass is 484 g/mol. The number of para-hydroxylation sites is 1. The van der Waals surface area contributed by atoms with Crippen LogP contribution in [0.25, 0.3) is 23.0 Å². The summed E-state index contributed by atoms with van der Waals surface area (Å²) in [6, 6.07) is 15.9. The number of rotatable bonds is 7. The zero-order valence-corrected chi connectivity index (χ0v) is 20.3. The summed E-state index contributed by atoms with van der Waals surface area (Å²) in [5.41, 5.74) is 2.67. The number of nitriles is 1. The smallest absolute Gasteiger partial charge is 0.271 e. The Morgan fingerprint density at radius 2 is 1.86 bits per heavy atom. The number of nitrogens with zero attached hydrogens (tertiary/aromatic N) is 4. The van der Waals surface area contributed by atoms with Gasteiger partial charge < -0.3 is 4.74 Å². The van der Waals surface area contributed by atoms with Crippen molar-refractivity contribution in [1.82, 2.24) is 14.7 Å². The molecular weight excluding hydrogens is 459 g/mol. The molecule has 3 aromatic rings. The summed E-state index contributed by atoms with van der Waals surface area (Å²) in [5.74, 6) is -1.47. The number of benzene rings is 2. The van der Waals surface area contributed by atoms with E-state index in [2.05, 4.69) is 5.10 Å². The standard InChI is InChI=1S/C28H25FN4O3/c1-4-13-36-25-12-11-19(15-24(25)29)26-20(17-33(31-26)21-9-7-6-8-10-21)14-22-18(3)23(16-30)28(35)32(5-2)27(22)34/h6-12,14-15,17H,4-5,13H2,1-3H3/b22-14+. The first-order valence-electron chi connectivity index (χ1n) is 11.7. The highest BCUT2D eigenvalue weighted by Crippen LogP contribution is 2.32. The molecule has 0 spiro atoms. The van der Waals surface area contributed by atoms with Gasteiger partial charge in [0, 0.05) is 29.4 Å². The van der Waals surface area contributed by atoms with Crippen molar-refractivity contribution in [1.29, 1.82) is 5.26 Å². The van der Waals surface area contributed by atoms with Gasteiger partial charge in [-0.3, -0.25) is 14.5 Å². The maximum atomic E-state index is 14.8. The van der Waals surface area contributed by atoms with Gasteiger partial charge in [0.2, 0.25) is 0 Å². The molecule has 0 N–H and O–H groups in total. The van der Waals surface area contributed by atoms with Crippen LogP contribution >= 0.6 is 0 Å². The molecule has 182 valence electrons. The van der Waals surface area contributed by atoms with Crippen molar-refractivity contribution in [3.05, 3.63) is 82.8 Å². The fraction of sp³-hybridized carbons (Fsp3) is 0.214. The number of ether oxygens (including phenoxy) is 1. The van der Waals surface area contributed by atoms with Crippen LogP contribution in [0.4, 0.5) is 4.39 Å². The van der Waals surface area contributed by atoms with E-state index in [1.54, 1.807) is 42.9 Å². The number of carbonyl (C=O) groups is 2. The van der Waals surface area contributed by atoms with E-state index in [0.29, 0.717) is 29.0 Å². The summed E-state index contributed by atoms with van der Waals surface area (Å²) in [7, 11) is 0. The molecule has 8 heteroatoms. The lowest BCUT2D eigenvalue weighted by atomic mass is 9.93. The highest BCUT2D eigenvalue weighted by Gasteiger charge is 2.34. The van der Waals surface area contributed by atoms with Crippen LogP contribution in [0, 0.1) is 17.1 Å². The summed E-state index contributed by atoms with van der Waals surface area (Å²) in [6.45, 7) is 5.73. The Morgan fingerprint density at radius 1 is 1.11 bits per heavy atom. The molecule has 0 atom stereocenters. The van der Waals surface area contributed by atoms with E-state index < -0.39 is 17.6 Å². The predicted molar refractivity (Wildman–Crippen MR) is 133 cm³/mol. The molecule has 2 heterocycles. The molecule has 1 aromatic heterocycles. The molecule has 4 rings (SSSR count). The lowest BCUT2D eigenvalue weighted by Gasteiger charge is -2.26. The van der Waals surface area contributed by atoms with Gasteiger partial charge in [0.15, 0.2) is 11.6 Å². The highest BCUT2D eigenvalue weighted by molar-refractivity contribution is 6.19. The van der Waals surface area contributed by atoms with Crippen molar-refractivity contribution in [3.8, 4) is 28.8 Å². The molecule has 0 fully saturated rings. The minimum atomic E-state index is -0.607. The van der Waals surface area contributed by atoms with Gasteiger partial charge in [-0.15, -0.1) is 0 Å². The van der Waals surface area contributed by atoms with Crippen LogP contribution in [0.5, 0.6) is 5.75 Å². The van der Waals surface area contributed by atoms with Crippen LogP contribution in [-0.4, -0.2) is 39.6 Å². The van der Waals surface area contributed by atoms with Crippen molar-refractivity contribution in [3.63, 3.8) is 0 Å². The Morgan fingerprint density at radius 3 is 2.50 bits per heavy atom. The van der Waals surface area contributed by atoms with Gasteiger partial charge >= 0.3 is 0 Å². The molecule has 0 unspecified atom stereocenters. The molecule has 2 amide bonds. The van der Waals surface area contributed by atoms with Gasteiger partial charge in [-0.05, 0) is 62.2 Å². The molecule has 1 aliphatic heterocycles. The quantitative estimate of drug-likeness (QED) is 0.345. The number of hydrogen-bond donors (Lipinski definition) is 0. The van der Waals surface area contributed by atoms with E-state index >= 15 is 0 Å². The largest absolute Gasteiger partial charge is 0.491 e. The zero-order chi connectivity index (χ0) is 25.8. The summed E-state index contributed by atoms with van der Waals surface area (Å²) >= 11 is 0. The van der Waals surface area contributed by atoms with Crippen molar-refractivity contribution < 1.29 is 18.7 Å². The van der Waals surface area contributed by atoms with Crippen LogP contribution in [0.2, 0.25) is 0 Å². The van der Waals surface area contributed by atoms with Crippen molar-refractivity contribution in [2.45, 2.75) is 27.2 Å². The minimum Gasteiger partial charge on any atom is -0.491 e. The van der Waals surface area contributed by atoms with E-state index in [0.717, 1.165) is 17.0 Å². The normalized spacial score (nSPS) is 15.0. The van der Waals surface area contributed by atoms with Crippen molar-refractivity contribution >= 4 is 17.9 Å². The number of hydrogen-bond acceptors (Lipinski definition) is 5. The second-order valence-corrected chi connectivity index (χ2v) is 8.23. The first-order valence-corrected chi connectivity index (χ1v) is 11.7. The molecular formula is C28H25FN4O3. The van der Waals surface area contributed by atoms with Crippen LogP contribution in [0.1, 0.15) is 32.8 Å². The molecule has 0 radical (unpaired) electrons. The minimum absolute atomic E-state index is 0.0804. The molecule has 36 heavy (non-hydrogen) atoms. The Bertz CT molecular complexity index is 1430. The van der Waals surface area contributed by atoms with Crippen molar-refractivity contribution in [2.24, 2.45) is 0 Å². The second-order valence-electron chi connectivity index (χ2n) is 8.23. The molecule has 0 aliphatic carbocycles. The first-order chi connectivity index (χ1) is 17.4. The van der Waals surface area contributed by atoms with Crippen molar-refractivity contribution in [2.75, 3.05) is 13.2 Å². The van der Waals surface area contributed by atoms with Gasteiger partial charge in [-0.1, -0.05) is 25.1 Å². The van der Waals surface area contributed by atoms with E-state index in [4.69, 9.17) is 4.74 Å². The van der Waals surface area contributed by atoms with E-state index in [1.165, 1.54) is 6.07 Å². The zero-order valence-electron chi connectivity index (χ0n) is 20.3. The van der Waals surface area contributed by atoms with Crippen LogP contribution in [0.3, 0.4) is 0 Å². The number of imide groups is 1. The summed E-state index contributed by atoms with van der Waals surface area (Å²) in [4.78, 5) is 26.8. The Kier molecular flexibility index (Phi) is 7.11. The third-order valence-corrected chi connectivity index (χ3v) is 5.87. The summed E-state index contributed by atoms with van der Waals surface area (Å²) in [5, 5.41) is 14.2. The third-order valence-electron chi connectivity index (χ3n) is 5.87. The summed E-state index contributed by atoms with van der Waals surface area (Å²) < 4.78 is 21.9. The van der Waals surface area contributed by atoms with E-state index in [1.807, 2.05) is 43.3 Å². The van der Waals surface area contributed by atoms with Gasteiger partial charge in [0.25, 0.3) is 11.8 Å². The lowest BCUT2D eigenvalue weighted by Crippen LogP contribution is -2.42. The maximum absolute atomic E-state index is 14.8. The van der Waals surface area contributed by atoms with E-state index in [9.17, 15) is 19.2 Å². The number of amides is 2. The van der Waals surface area contributed by atoms with E-state index in [-0.39, 0.29) is 23.4 Å². The van der Waals surface area contributed by atoms with Gasteiger partial charge in [-0.25, -0.2) is 9.07 Å². The van der Waals surface area contributed by atoms with Gasteiger partial charge in [0.05, 0.1) is 12.3 Å². The summed E-state index contributed by atoms with van der Waals surface area (Å²) in [6.07, 6.45) is 4.09.